The van der Waals surface area contributed by atoms with Gasteiger partial charge in [0, 0.05) is 29.6 Å². The molecule has 9 nitrogen and oxygen atoms in total. The lowest BCUT2D eigenvalue weighted by Crippen LogP contribution is -2.09. The van der Waals surface area contributed by atoms with Gasteiger partial charge in [-0.05, 0) is 62.8 Å². The van der Waals surface area contributed by atoms with E-state index < -0.39 is 12.0 Å². The Bertz CT molecular complexity index is 1950. The van der Waals surface area contributed by atoms with Crippen LogP contribution in [0.25, 0.3) is 39.7 Å². The Labute approximate surface area is 297 Å². The van der Waals surface area contributed by atoms with Crippen molar-refractivity contribution in [3.8, 4) is 39.8 Å². The molecule has 0 aliphatic rings. The maximum atomic E-state index is 14.0. The van der Waals surface area contributed by atoms with E-state index in [9.17, 15) is 13.2 Å². The lowest BCUT2D eigenvalue weighted by molar-refractivity contribution is -0.144. The largest absolute Gasteiger partial charge is 0.497 e. The van der Waals surface area contributed by atoms with Crippen molar-refractivity contribution < 1.29 is 17.9 Å². The van der Waals surface area contributed by atoms with E-state index in [2.05, 4.69) is 15.1 Å². The molecule has 0 unspecified atom stereocenters. The standard InChI is InChI=1S/C31H29F3N8OS.3C2H6/c1-19-15-25-36-27(29-37-30(31(32,33)34)38-41(29)16-21-11-13-23(43-5)14-12-21)28(24-17-40(18-35-24)44-39(3)4)42(25)20(2)26(19)22-9-7-6-8-10-22;3*1-2/h6-15,17-18H,16H2,1-5H3;3*1-2H3. The van der Waals surface area contributed by atoms with Gasteiger partial charge < -0.3 is 4.74 Å². The molecule has 4 heterocycles. The van der Waals surface area contributed by atoms with Crippen LogP contribution in [0.5, 0.6) is 5.75 Å². The van der Waals surface area contributed by atoms with Crippen LogP contribution in [0.2, 0.25) is 0 Å². The molecule has 0 N–H and O–H groups in total. The van der Waals surface area contributed by atoms with Gasteiger partial charge in [0.15, 0.2) is 5.82 Å². The van der Waals surface area contributed by atoms with Gasteiger partial charge in [0.1, 0.15) is 34.8 Å². The van der Waals surface area contributed by atoms with Crippen LogP contribution in [0.1, 0.15) is 64.2 Å². The van der Waals surface area contributed by atoms with E-state index in [1.165, 1.54) is 16.8 Å². The summed E-state index contributed by atoms with van der Waals surface area (Å²) in [5, 5.41) is 3.91. The summed E-state index contributed by atoms with van der Waals surface area (Å²) in [6.07, 6.45) is -1.27. The molecule has 0 aliphatic heterocycles. The van der Waals surface area contributed by atoms with Gasteiger partial charge in [0.2, 0.25) is 0 Å². The summed E-state index contributed by atoms with van der Waals surface area (Å²) in [4.78, 5) is 13.6. The summed E-state index contributed by atoms with van der Waals surface area (Å²) >= 11 is 1.41. The van der Waals surface area contributed by atoms with E-state index in [4.69, 9.17) is 9.72 Å². The molecule has 6 aromatic rings. The maximum absolute atomic E-state index is 14.0. The Hall–Kier alpha value is -4.62. The number of alkyl halides is 3. The van der Waals surface area contributed by atoms with Gasteiger partial charge in [-0.25, -0.2) is 23.9 Å². The van der Waals surface area contributed by atoms with Gasteiger partial charge in [-0.1, -0.05) is 84.0 Å². The molecule has 0 radical (unpaired) electrons. The quantitative estimate of drug-likeness (QED) is 0.146. The molecular formula is C37H47F3N8OS. The fourth-order valence-electron chi connectivity index (χ4n) is 5.28. The van der Waals surface area contributed by atoms with Crippen molar-refractivity contribution in [2.24, 2.45) is 0 Å². The van der Waals surface area contributed by atoms with Crippen molar-refractivity contribution in [3.63, 3.8) is 0 Å². The number of hydrogen-bond acceptors (Lipinski definition) is 7. The maximum Gasteiger partial charge on any atom is 0.453 e. The minimum absolute atomic E-state index is 0.0139. The van der Waals surface area contributed by atoms with E-state index >= 15 is 0 Å². The molecular weight excluding hydrogens is 662 g/mol. The summed E-state index contributed by atoms with van der Waals surface area (Å²) in [6.45, 7) is 16.0. The highest BCUT2D eigenvalue weighted by Gasteiger charge is 2.38. The van der Waals surface area contributed by atoms with E-state index in [0.29, 0.717) is 22.8 Å². The topological polar surface area (TPSA) is 78.3 Å². The summed E-state index contributed by atoms with van der Waals surface area (Å²) in [7, 11) is 5.36. The number of imidazole rings is 2. The van der Waals surface area contributed by atoms with E-state index in [1.54, 1.807) is 37.7 Å². The van der Waals surface area contributed by atoms with Gasteiger partial charge >= 0.3 is 6.18 Å². The fraction of sp³-hybridized carbons (Fsp3) is 0.351. The van der Waals surface area contributed by atoms with Crippen molar-refractivity contribution in [2.75, 3.05) is 21.2 Å². The van der Waals surface area contributed by atoms with Gasteiger partial charge in [0.25, 0.3) is 5.82 Å². The molecule has 50 heavy (non-hydrogen) atoms. The second kappa shape index (κ2) is 17.9. The lowest BCUT2D eigenvalue weighted by Gasteiger charge is -2.14. The second-order valence-corrected chi connectivity index (χ2v) is 11.7. The number of benzene rings is 2. The summed E-state index contributed by atoms with van der Waals surface area (Å²) < 4.78 is 54.3. The van der Waals surface area contributed by atoms with Crippen LogP contribution in [0, 0.1) is 13.8 Å². The zero-order valence-corrected chi connectivity index (χ0v) is 31.5. The molecule has 0 spiro atoms. The van der Waals surface area contributed by atoms with Gasteiger partial charge in [-0.15, -0.1) is 5.10 Å². The van der Waals surface area contributed by atoms with E-state index in [0.717, 1.165) is 27.9 Å². The van der Waals surface area contributed by atoms with Crippen LogP contribution in [0.4, 0.5) is 13.2 Å². The highest BCUT2D eigenvalue weighted by atomic mass is 32.2. The first-order valence-electron chi connectivity index (χ1n) is 16.7. The molecule has 0 aliphatic carbocycles. The summed E-state index contributed by atoms with van der Waals surface area (Å²) in [5.41, 5.74) is 6.44. The van der Waals surface area contributed by atoms with Crippen LogP contribution in [-0.4, -0.2) is 58.6 Å². The monoisotopic (exact) mass is 708 g/mol. The molecule has 4 aromatic heterocycles. The summed E-state index contributed by atoms with van der Waals surface area (Å²) in [6, 6.07) is 18.9. The average Bonchev–Trinajstić information content (AvgIpc) is 3.85. The Balaban J connectivity index is 0.00000107. The zero-order valence-electron chi connectivity index (χ0n) is 30.7. The third kappa shape index (κ3) is 8.75. The predicted octanol–water partition coefficient (Wildman–Crippen LogP) is 9.87. The van der Waals surface area contributed by atoms with Crippen LogP contribution < -0.4 is 4.74 Å². The molecule has 6 rings (SSSR count). The molecule has 268 valence electrons. The van der Waals surface area contributed by atoms with Crippen molar-refractivity contribution in [3.05, 3.63) is 95.8 Å². The number of rotatable bonds is 8. The Morgan fingerprint density at radius 1 is 0.880 bits per heavy atom. The van der Waals surface area contributed by atoms with Crippen LogP contribution in [0.3, 0.4) is 0 Å². The number of aromatic nitrogens is 7. The molecule has 0 saturated heterocycles. The number of aryl methyl sites for hydroxylation is 2. The number of nitrogens with zero attached hydrogens (tertiary/aromatic N) is 8. The van der Waals surface area contributed by atoms with E-state index in [1.807, 2.05) is 125 Å². The van der Waals surface area contributed by atoms with Gasteiger partial charge in [0.05, 0.1) is 13.7 Å². The minimum atomic E-state index is -4.75. The van der Waals surface area contributed by atoms with Gasteiger partial charge in [-0.3, -0.25) is 8.37 Å². The highest BCUT2D eigenvalue weighted by Crippen LogP contribution is 2.38. The zero-order chi connectivity index (χ0) is 37.2. The number of halogens is 3. The van der Waals surface area contributed by atoms with Crippen LogP contribution >= 0.6 is 12.1 Å². The first-order chi connectivity index (χ1) is 24.0. The van der Waals surface area contributed by atoms with Crippen molar-refractivity contribution in [2.45, 2.75) is 68.1 Å². The Morgan fingerprint density at radius 2 is 1.52 bits per heavy atom. The average molecular weight is 709 g/mol. The molecule has 0 fully saturated rings. The Kier molecular flexibility index (Phi) is 14.2. The van der Waals surface area contributed by atoms with Crippen molar-refractivity contribution in [1.82, 2.24) is 37.4 Å². The smallest absolute Gasteiger partial charge is 0.453 e. The number of methoxy groups -OCH3 is 1. The van der Waals surface area contributed by atoms with Crippen molar-refractivity contribution >= 4 is 17.8 Å². The molecule has 2 aromatic carbocycles. The minimum Gasteiger partial charge on any atom is -0.497 e. The molecule has 0 saturated carbocycles. The summed E-state index contributed by atoms with van der Waals surface area (Å²) in [5.74, 6) is -0.618. The fourth-order valence-corrected chi connectivity index (χ4v) is 5.90. The number of pyridine rings is 1. The van der Waals surface area contributed by atoms with E-state index in [-0.39, 0.29) is 18.1 Å². The third-order valence-electron chi connectivity index (χ3n) is 7.09. The predicted molar refractivity (Wildman–Crippen MR) is 198 cm³/mol. The third-order valence-corrected chi connectivity index (χ3v) is 7.81. The molecule has 13 heteroatoms. The first-order valence-corrected chi connectivity index (χ1v) is 17.4. The molecule has 0 atom stereocenters. The normalized spacial score (nSPS) is 10.9. The van der Waals surface area contributed by atoms with Crippen LogP contribution in [0.15, 0.2) is 73.2 Å². The first kappa shape index (κ1) is 39.8. The highest BCUT2D eigenvalue weighted by molar-refractivity contribution is 7.95. The molecule has 0 bridgehead atoms. The number of fused-ring (bicyclic) bond motifs is 1. The van der Waals surface area contributed by atoms with Crippen LogP contribution in [-0.2, 0) is 12.7 Å². The van der Waals surface area contributed by atoms with Crippen molar-refractivity contribution in [1.29, 1.82) is 0 Å². The number of ether oxygens (including phenoxy) is 1. The van der Waals surface area contributed by atoms with Gasteiger partial charge in [-0.2, -0.15) is 13.2 Å². The second-order valence-electron chi connectivity index (χ2n) is 10.4. The Morgan fingerprint density at radius 3 is 2.10 bits per heavy atom. The molecule has 0 amide bonds. The SMILES string of the molecule is CC.CC.CC.COc1ccc(Cn2nc(C(F)(F)F)nc2-c2nc3cc(C)c(-c4ccccc4)c(C)n3c2-c2cn(SN(C)C)cn2)cc1. The number of hydrogen-bond donors (Lipinski definition) is 0. The lowest BCUT2D eigenvalue weighted by atomic mass is 9.99.